The van der Waals surface area contributed by atoms with Gasteiger partial charge < -0.3 is 15.2 Å². The maximum absolute atomic E-state index is 12.9. The number of carbonyl (C=O) groups excluding carboxylic acids is 2. The molecule has 2 amide bonds. The number of anilines is 1. The number of phenolic OH excluding ortho intramolecular Hbond substituents is 1. The van der Waals surface area contributed by atoms with Crippen LogP contribution >= 0.6 is 24.0 Å². The third-order valence-corrected chi connectivity index (χ3v) is 5.82. The molecule has 2 aromatic rings. The van der Waals surface area contributed by atoms with Gasteiger partial charge in [-0.25, -0.2) is 0 Å². The van der Waals surface area contributed by atoms with Crippen LogP contribution in [0.5, 0.6) is 11.5 Å². The first kappa shape index (κ1) is 21.9. The lowest BCUT2D eigenvalue weighted by Gasteiger charge is -2.22. The summed E-state index contributed by atoms with van der Waals surface area (Å²) in [5.74, 6) is -0.280. The number of thioether (sulfide) groups is 1. The summed E-state index contributed by atoms with van der Waals surface area (Å²) in [4.78, 5) is 27.3. The topological polar surface area (TPSA) is 78.9 Å². The number of benzene rings is 2. The molecular formula is C22H22N2O4S2. The first-order valence-electron chi connectivity index (χ1n) is 9.40. The van der Waals surface area contributed by atoms with Gasteiger partial charge in [0.15, 0.2) is 11.5 Å². The molecular weight excluding hydrogens is 420 g/mol. The largest absolute Gasteiger partial charge is 0.504 e. The van der Waals surface area contributed by atoms with Crippen molar-refractivity contribution in [2.45, 2.75) is 26.8 Å². The van der Waals surface area contributed by atoms with Crippen molar-refractivity contribution < 1.29 is 19.4 Å². The Morgan fingerprint density at radius 2 is 2.00 bits per heavy atom. The van der Waals surface area contributed by atoms with Gasteiger partial charge in [-0.2, -0.15) is 0 Å². The molecule has 0 radical (unpaired) electrons. The summed E-state index contributed by atoms with van der Waals surface area (Å²) in [5.41, 5.74) is 2.43. The summed E-state index contributed by atoms with van der Waals surface area (Å²) in [7, 11) is 0. The summed E-state index contributed by atoms with van der Waals surface area (Å²) in [6.07, 6.45) is 1.67. The zero-order valence-corrected chi connectivity index (χ0v) is 18.5. The lowest BCUT2D eigenvalue weighted by atomic mass is 10.1. The molecule has 0 aliphatic carbocycles. The van der Waals surface area contributed by atoms with E-state index < -0.39 is 6.04 Å². The summed E-state index contributed by atoms with van der Waals surface area (Å²) < 4.78 is 5.71. The molecule has 8 heteroatoms. The van der Waals surface area contributed by atoms with E-state index in [1.54, 1.807) is 25.1 Å². The Morgan fingerprint density at radius 1 is 1.30 bits per heavy atom. The van der Waals surface area contributed by atoms with Crippen LogP contribution in [0.1, 0.15) is 25.0 Å². The molecule has 1 fully saturated rings. The minimum atomic E-state index is -0.761. The van der Waals surface area contributed by atoms with Crippen molar-refractivity contribution in [1.82, 2.24) is 4.90 Å². The smallest absolute Gasteiger partial charge is 0.266 e. The number of amides is 2. The Hall–Kier alpha value is -2.84. The second-order valence-corrected chi connectivity index (χ2v) is 8.42. The third kappa shape index (κ3) is 4.83. The number of hydrogen-bond acceptors (Lipinski definition) is 6. The first-order valence-corrected chi connectivity index (χ1v) is 10.6. The number of phenols is 1. The highest BCUT2D eigenvalue weighted by atomic mass is 32.2. The molecule has 1 heterocycles. The lowest BCUT2D eigenvalue weighted by Crippen LogP contribution is -2.44. The van der Waals surface area contributed by atoms with Gasteiger partial charge in [-0.05, 0) is 56.7 Å². The Bertz CT molecular complexity index is 1020. The molecule has 0 aromatic heterocycles. The van der Waals surface area contributed by atoms with Gasteiger partial charge in [-0.1, -0.05) is 47.7 Å². The Kier molecular flexibility index (Phi) is 6.79. The van der Waals surface area contributed by atoms with Crippen molar-refractivity contribution in [1.29, 1.82) is 0 Å². The van der Waals surface area contributed by atoms with Crippen LogP contribution in [0.4, 0.5) is 5.69 Å². The minimum Gasteiger partial charge on any atom is -0.504 e. The molecule has 1 atom stereocenters. The predicted molar refractivity (Wildman–Crippen MR) is 124 cm³/mol. The number of hydrogen-bond donors (Lipinski definition) is 2. The average Bonchev–Trinajstić information content (AvgIpc) is 2.99. The summed E-state index contributed by atoms with van der Waals surface area (Å²) in [5, 5.41) is 12.7. The summed E-state index contributed by atoms with van der Waals surface area (Å²) in [6.45, 7) is 5.84. The third-order valence-electron chi connectivity index (χ3n) is 4.49. The van der Waals surface area contributed by atoms with Crippen LogP contribution < -0.4 is 10.1 Å². The zero-order valence-electron chi connectivity index (χ0n) is 16.8. The van der Waals surface area contributed by atoms with Crippen LogP contribution in [0, 0.1) is 6.92 Å². The number of ether oxygens (including phenoxy) is 1. The number of thiocarbonyl (C=S) groups is 1. The average molecular weight is 443 g/mol. The van der Waals surface area contributed by atoms with E-state index in [2.05, 4.69) is 5.32 Å². The van der Waals surface area contributed by atoms with Gasteiger partial charge >= 0.3 is 0 Å². The standard InChI is InChI=1S/C22H22N2O4S2/c1-4-28-18-11-15(7-10-17(18)25)12-19-21(27)24(22(29)30-19)14(3)20(26)23-16-8-5-13(2)6-9-16/h5-12,14,25H,4H2,1-3H3,(H,23,26)/b19-12-. The van der Waals surface area contributed by atoms with E-state index >= 15 is 0 Å². The molecule has 2 aromatic carbocycles. The summed E-state index contributed by atoms with van der Waals surface area (Å²) >= 11 is 6.50. The molecule has 0 saturated carbocycles. The number of rotatable bonds is 6. The zero-order chi connectivity index (χ0) is 21.8. The molecule has 1 aliphatic rings. The van der Waals surface area contributed by atoms with Crippen molar-refractivity contribution in [2.24, 2.45) is 0 Å². The van der Waals surface area contributed by atoms with Gasteiger partial charge in [0, 0.05) is 5.69 Å². The van der Waals surface area contributed by atoms with E-state index in [4.69, 9.17) is 17.0 Å². The Balaban J connectivity index is 1.76. The molecule has 3 rings (SSSR count). The van der Waals surface area contributed by atoms with E-state index in [1.165, 1.54) is 11.0 Å². The Labute approximate surface area is 184 Å². The SMILES string of the molecule is CCOc1cc(/C=C2\SC(=S)N(C(C)C(=O)Nc3ccc(C)cc3)C2=O)ccc1O. The normalized spacial score (nSPS) is 16.1. The molecule has 0 spiro atoms. The van der Waals surface area contributed by atoms with Crippen LogP contribution in [-0.2, 0) is 9.59 Å². The monoisotopic (exact) mass is 442 g/mol. The van der Waals surface area contributed by atoms with Crippen molar-refractivity contribution >= 4 is 51.9 Å². The second kappa shape index (κ2) is 9.32. The molecule has 30 heavy (non-hydrogen) atoms. The van der Waals surface area contributed by atoms with Crippen LogP contribution in [0.3, 0.4) is 0 Å². The van der Waals surface area contributed by atoms with E-state index in [9.17, 15) is 14.7 Å². The molecule has 1 unspecified atom stereocenters. The van der Waals surface area contributed by atoms with E-state index in [-0.39, 0.29) is 17.6 Å². The quantitative estimate of drug-likeness (QED) is 0.512. The minimum absolute atomic E-state index is 0.0305. The van der Waals surface area contributed by atoms with Gasteiger partial charge in [0.05, 0.1) is 11.5 Å². The van der Waals surface area contributed by atoms with Gasteiger partial charge in [-0.15, -0.1) is 0 Å². The first-order chi connectivity index (χ1) is 14.3. The molecule has 0 bridgehead atoms. The van der Waals surface area contributed by atoms with Crippen molar-refractivity contribution in [3.05, 3.63) is 58.5 Å². The van der Waals surface area contributed by atoms with E-state index in [0.717, 1.165) is 17.3 Å². The predicted octanol–water partition coefficient (Wildman–Crippen LogP) is 4.33. The lowest BCUT2D eigenvalue weighted by molar-refractivity contribution is -0.129. The highest BCUT2D eigenvalue weighted by Gasteiger charge is 2.38. The Morgan fingerprint density at radius 3 is 2.67 bits per heavy atom. The fourth-order valence-corrected chi connectivity index (χ4v) is 4.28. The fourth-order valence-electron chi connectivity index (χ4n) is 2.86. The van der Waals surface area contributed by atoms with Gasteiger partial charge in [0.25, 0.3) is 5.91 Å². The number of carbonyl (C=O) groups is 2. The summed E-state index contributed by atoms with van der Waals surface area (Å²) in [6, 6.07) is 11.5. The maximum Gasteiger partial charge on any atom is 0.266 e. The second-order valence-electron chi connectivity index (χ2n) is 6.74. The highest BCUT2D eigenvalue weighted by Crippen LogP contribution is 2.35. The number of nitrogens with zero attached hydrogens (tertiary/aromatic N) is 1. The van der Waals surface area contributed by atoms with Crippen molar-refractivity contribution in [3.63, 3.8) is 0 Å². The van der Waals surface area contributed by atoms with Gasteiger partial charge in [0.2, 0.25) is 5.91 Å². The molecule has 6 nitrogen and oxygen atoms in total. The molecule has 2 N–H and O–H groups in total. The highest BCUT2D eigenvalue weighted by molar-refractivity contribution is 8.26. The van der Waals surface area contributed by atoms with Crippen LogP contribution in [0.15, 0.2) is 47.4 Å². The van der Waals surface area contributed by atoms with Crippen LogP contribution in [0.25, 0.3) is 6.08 Å². The molecule has 1 aliphatic heterocycles. The van der Waals surface area contributed by atoms with E-state index in [1.807, 2.05) is 38.1 Å². The number of nitrogens with one attached hydrogen (secondary N) is 1. The van der Waals surface area contributed by atoms with Crippen molar-refractivity contribution in [2.75, 3.05) is 11.9 Å². The molecule has 1 saturated heterocycles. The molecule has 156 valence electrons. The van der Waals surface area contributed by atoms with Gasteiger partial charge in [-0.3, -0.25) is 14.5 Å². The van der Waals surface area contributed by atoms with E-state index in [0.29, 0.717) is 32.8 Å². The fraction of sp³-hybridized carbons (Fsp3) is 0.227. The number of aryl methyl sites for hydroxylation is 1. The maximum atomic E-state index is 12.9. The van der Waals surface area contributed by atoms with Crippen molar-refractivity contribution in [3.8, 4) is 11.5 Å². The van der Waals surface area contributed by atoms with Gasteiger partial charge in [0.1, 0.15) is 10.4 Å². The number of aromatic hydroxyl groups is 1. The van der Waals surface area contributed by atoms with Crippen LogP contribution in [0.2, 0.25) is 0 Å². The van der Waals surface area contributed by atoms with Crippen LogP contribution in [-0.4, -0.2) is 38.8 Å².